The molecule has 2 unspecified atom stereocenters. The van der Waals surface area contributed by atoms with Gasteiger partial charge >= 0.3 is 0 Å². The van der Waals surface area contributed by atoms with Crippen molar-refractivity contribution in [2.75, 3.05) is 13.1 Å². The molecule has 1 aliphatic heterocycles. The summed E-state index contributed by atoms with van der Waals surface area (Å²) in [6, 6.07) is 0.393. The van der Waals surface area contributed by atoms with Gasteiger partial charge in [-0.25, -0.2) is 0 Å². The quantitative estimate of drug-likeness (QED) is 0.844. The van der Waals surface area contributed by atoms with Crippen LogP contribution < -0.4 is 10.6 Å². The van der Waals surface area contributed by atoms with Gasteiger partial charge in [0.2, 0.25) is 5.91 Å². The third-order valence-corrected chi connectivity index (χ3v) is 3.94. The Morgan fingerprint density at radius 3 is 2.67 bits per heavy atom. The van der Waals surface area contributed by atoms with E-state index in [1.807, 2.05) is 13.8 Å². The van der Waals surface area contributed by atoms with Crippen molar-refractivity contribution in [3.05, 3.63) is 17.0 Å². The molecule has 1 aliphatic carbocycles. The smallest absolute Gasteiger partial charge is 0.224 e. The third kappa shape index (κ3) is 2.24. The molecule has 18 heavy (non-hydrogen) atoms. The summed E-state index contributed by atoms with van der Waals surface area (Å²) in [7, 11) is 0. The number of amides is 1. The average Bonchev–Trinajstić information content (AvgIpc) is 2.67. The van der Waals surface area contributed by atoms with Gasteiger partial charge in [-0.2, -0.15) is 0 Å². The molecular formula is C12H18ClN3O2. The molecule has 5 nitrogen and oxygen atoms in total. The van der Waals surface area contributed by atoms with Crippen molar-refractivity contribution in [3.63, 3.8) is 0 Å². The highest BCUT2D eigenvalue weighted by atomic mass is 35.5. The monoisotopic (exact) mass is 271 g/mol. The Balaban J connectivity index is 0.00000120. The summed E-state index contributed by atoms with van der Waals surface area (Å²) in [5.74, 6) is 2.14. The molecule has 0 spiro atoms. The Morgan fingerprint density at radius 1 is 1.44 bits per heavy atom. The van der Waals surface area contributed by atoms with Gasteiger partial charge in [0.1, 0.15) is 5.76 Å². The van der Waals surface area contributed by atoms with Crippen LogP contribution in [0.15, 0.2) is 4.52 Å². The van der Waals surface area contributed by atoms with Crippen LogP contribution in [0.1, 0.15) is 17.0 Å². The summed E-state index contributed by atoms with van der Waals surface area (Å²) in [5.41, 5.74) is 1.74. The van der Waals surface area contributed by atoms with Crippen molar-refractivity contribution >= 4 is 18.3 Å². The molecule has 2 atom stereocenters. The lowest BCUT2D eigenvalue weighted by molar-refractivity contribution is -0.120. The SMILES string of the molecule is Cc1noc(C)c1CC(=O)NC1C2CNCC21.Cl. The van der Waals surface area contributed by atoms with Crippen LogP contribution in [0.4, 0.5) is 0 Å². The highest BCUT2D eigenvalue weighted by Gasteiger charge is 2.53. The minimum absolute atomic E-state index is 0. The summed E-state index contributed by atoms with van der Waals surface area (Å²) in [6.45, 7) is 5.80. The molecule has 6 heteroatoms. The topological polar surface area (TPSA) is 67.2 Å². The number of aromatic nitrogens is 1. The Labute approximate surface area is 112 Å². The van der Waals surface area contributed by atoms with E-state index in [0.29, 0.717) is 24.3 Å². The first-order valence-electron chi connectivity index (χ1n) is 6.08. The molecule has 1 saturated heterocycles. The zero-order valence-electron chi connectivity index (χ0n) is 10.5. The van der Waals surface area contributed by atoms with E-state index in [4.69, 9.17) is 4.52 Å². The number of piperidine rings is 1. The van der Waals surface area contributed by atoms with E-state index >= 15 is 0 Å². The fourth-order valence-corrected chi connectivity index (χ4v) is 2.78. The van der Waals surface area contributed by atoms with Crippen molar-refractivity contribution in [3.8, 4) is 0 Å². The number of carbonyl (C=O) groups excluding carboxylic acids is 1. The van der Waals surface area contributed by atoms with Crippen LogP contribution in [0.2, 0.25) is 0 Å². The van der Waals surface area contributed by atoms with Gasteiger partial charge in [-0.3, -0.25) is 4.79 Å². The summed E-state index contributed by atoms with van der Waals surface area (Å²) >= 11 is 0. The van der Waals surface area contributed by atoms with E-state index in [-0.39, 0.29) is 18.3 Å². The number of hydrogen-bond acceptors (Lipinski definition) is 4. The zero-order chi connectivity index (χ0) is 12.0. The third-order valence-electron chi connectivity index (χ3n) is 3.94. The highest BCUT2D eigenvalue weighted by molar-refractivity contribution is 5.85. The number of halogens is 1. The number of nitrogens with one attached hydrogen (secondary N) is 2. The standard InChI is InChI=1S/C12H17N3O2.ClH/c1-6-8(7(2)17-15-6)3-11(16)14-12-9-4-13-5-10(9)12;/h9-10,12-13H,3-5H2,1-2H3,(H,14,16);1H. The van der Waals surface area contributed by atoms with Crippen molar-refractivity contribution in [2.45, 2.75) is 26.3 Å². The minimum Gasteiger partial charge on any atom is -0.361 e. The number of aryl methyl sites for hydroxylation is 2. The van der Waals surface area contributed by atoms with E-state index in [1.54, 1.807) is 0 Å². The fourth-order valence-electron chi connectivity index (χ4n) is 2.78. The second-order valence-corrected chi connectivity index (χ2v) is 5.06. The number of rotatable bonds is 3. The Bertz CT molecular complexity index is 431. The van der Waals surface area contributed by atoms with Gasteiger partial charge < -0.3 is 15.2 Å². The summed E-state index contributed by atoms with van der Waals surface area (Å²) < 4.78 is 5.05. The predicted molar refractivity (Wildman–Crippen MR) is 68.7 cm³/mol. The molecule has 2 heterocycles. The molecule has 0 bridgehead atoms. The van der Waals surface area contributed by atoms with E-state index in [1.165, 1.54) is 0 Å². The molecule has 1 saturated carbocycles. The molecule has 1 amide bonds. The number of nitrogens with zero attached hydrogens (tertiary/aromatic N) is 1. The number of hydrogen-bond donors (Lipinski definition) is 2. The summed E-state index contributed by atoms with van der Waals surface area (Å²) in [5, 5.41) is 10.3. The molecule has 3 rings (SSSR count). The van der Waals surface area contributed by atoms with Crippen LogP contribution in [0.5, 0.6) is 0 Å². The first-order chi connectivity index (χ1) is 8.16. The maximum atomic E-state index is 11.9. The predicted octanol–water partition coefficient (Wildman–Crippen LogP) is 0.590. The minimum atomic E-state index is 0. The van der Waals surface area contributed by atoms with Crippen LogP contribution in [-0.2, 0) is 11.2 Å². The molecule has 100 valence electrons. The van der Waals surface area contributed by atoms with Gasteiger partial charge in [0, 0.05) is 24.7 Å². The molecule has 0 aromatic carbocycles. The molecule has 1 aromatic rings. The van der Waals surface area contributed by atoms with Gasteiger partial charge in [0.15, 0.2) is 0 Å². The van der Waals surface area contributed by atoms with Crippen molar-refractivity contribution in [1.29, 1.82) is 0 Å². The molecule has 0 radical (unpaired) electrons. The molecule has 2 aliphatic rings. The van der Waals surface area contributed by atoms with Gasteiger partial charge in [0.25, 0.3) is 0 Å². The van der Waals surface area contributed by atoms with Crippen LogP contribution >= 0.6 is 12.4 Å². The van der Waals surface area contributed by atoms with Crippen LogP contribution in [0.3, 0.4) is 0 Å². The van der Waals surface area contributed by atoms with Crippen LogP contribution in [0.25, 0.3) is 0 Å². The van der Waals surface area contributed by atoms with E-state index in [0.717, 1.165) is 30.1 Å². The van der Waals surface area contributed by atoms with E-state index in [9.17, 15) is 4.79 Å². The Hall–Kier alpha value is -1.07. The maximum absolute atomic E-state index is 11.9. The Morgan fingerprint density at radius 2 is 2.11 bits per heavy atom. The first kappa shape index (κ1) is 13.4. The molecule has 2 fully saturated rings. The van der Waals surface area contributed by atoms with Crippen molar-refractivity contribution in [2.24, 2.45) is 11.8 Å². The Kier molecular flexibility index (Phi) is 3.64. The lowest BCUT2D eigenvalue weighted by Gasteiger charge is -2.07. The second kappa shape index (κ2) is 4.90. The highest BCUT2D eigenvalue weighted by Crippen LogP contribution is 2.41. The van der Waals surface area contributed by atoms with E-state index < -0.39 is 0 Å². The normalized spacial score (nSPS) is 28.4. The van der Waals surface area contributed by atoms with Crippen molar-refractivity contribution in [1.82, 2.24) is 15.8 Å². The first-order valence-corrected chi connectivity index (χ1v) is 6.08. The second-order valence-electron chi connectivity index (χ2n) is 5.06. The van der Waals surface area contributed by atoms with Gasteiger partial charge in [-0.1, -0.05) is 5.16 Å². The van der Waals surface area contributed by atoms with Crippen LogP contribution in [0, 0.1) is 25.7 Å². The molecule has 2 N–H and O–H groups in total. The van der Waals surface area contributed by atoms with E-state index in [2.05, 4.69) is 15.8 Å². The number of fused-ring (bicyclic) bond motifs is 1. The lowest BCUT2D eigenvalue weighted by Crippen LogP contribution is -2.33. The van der Waals surface area contributed by atoms with Gasteiger partial charge in [-0.05, 0) is 25.7 Å². The van der Waals surface area contributed by atoms with Gasteiger partial charge in [-0.15, -0.1) is 12.4 Å². The summed E-state index contributed by atoms with van der Waals surface area (Å²) in [4.78, 5) is 11.9. The average molecular weight is 272 g/mol. The number of carbonyl (C=O) groups is 1. The van der Waals surface area contributed by atoms with Gasteiger partial charge in [0.05, 0.1) is 12.1 Å². The van der Waals surface area contributed by atoms with Crippen molar-refractivity contribution < 1.29 is 9.32 Å². The fraction of sp³-hybridized carbons (Fsp3) is 0.667. The molecular weight excluding hydrogens is 254 g/mol. The lowest BCUT2D eigenvalue weighted by atomic mass is 10.1. The molecule has 1 aromatic heterocycles. The summed E-state index contributed by atoms with van der Waals surface area (Å²) in [6.07, 6.45) is 0.379. The largest absolute Gasteiger partial charge is 0.361 e. The zero-order valence-corrected chi connectivity index (χ0v) is 11.3. The van der Waals surface area contributed by atoms with Crippen LogP contribution in [-0.4, -0.2) is 30.2 Å². The maximum Gasteiger partial charge on any atom is 0.224 e.